The van der Waals surface area contributed by atoms with Crippen LogP contribution < -0.4 is 0 Å². The molecule has 2 fully saturated rings. The summed E-state index contributed by atoms with van der Waals surface area (Å²) in [4.78, 5) is 45.1. The molecule has 2 amide bonds. The highest BCUT2D eigenvalue weighted by atomic mass is 16.6. The summed E-state index contributed by atoms with van der Waals surface area (Å²) in [7, 11) is 0. The lowest BCUT2D eigenvalue weighted by molar-refractivity contribution is 0.0208. The van der Waals surface area contributed by atoms with Crippen LogP contribution in [-0.2, 0) is 9.47 Å². The summed E-state index contributed by atoms with van der Waals surface area (Å²) >= 11 is 0. The molecular formula is C36H42N6O4. The van der Waals surface area contributed by atoms with Gasteiger partial charge in [-0.15, -0.1) is 0 Å². The van der Waals surface area contributed by atoms with Gasteiger partial charge in [-0.2, -0.15) is 0 Å². The SMILES string of the molecule is CC(C)(C)OC(=O)N1CCC[C@H]1c1ncc(C#Cc2ccc(-c3ccc4nc([C@@H]5CCCN5C(=O)OC(C)(C)C)[nH]c4c3)cc2)[nH]1. The highest BCUT2D eigenvalue weighted by molar-refractivity contribution is 5.82. The number of carbonyl (C=O) groups is 2. The maximum absolute atomic E-state index is 12.8. The van der Waals surface area contributed by atoms with Crippen molar-refractivity contribution in [2.45, 2.75) is 90.5 Å². The molecule has 2 saturated heterocycles. The van der Waals surface area contributed by atoms with Crippen LogP contribution in [-0.4, -0.2) is 66.2 Å². The van der Waals surface area contributed by atoms with Crippen LogP contribution in [0.3, 0.4) is 0 Å². The van der Waals surface area contributed by atoms with E-state index in [1.54, 1.807) is 16.0 Å². The minimum absolute atomic E-state index is 0.128. The first-order valence-electron chi connectivity index (χ1n) is 16.0. The van der Waals surface area contributed by atoms with Crippen LogP contribution >= 0.6 is 0 Å². The average molecular weight is 623 g/mol. The number of hydrogen-bond acceptors (Lipinski definition) is 6. The molecule has 0 saturated carbocycles. The summed E-state index contributed by atoms with van der Waals surface area (Å²) < 4.78 is 11.2. The Bertz CT molecular complexity index is 1800. The number of imidazole rings is 2. The number of fused-ring (bicyclic) bond motifs is 1. The Morgan fingerprint density at radius 2 is 1.37 bits per heavy atom. The van der Waals surface area contributed by atoms with E-state index in [2.05, 4.69) is 51.1 Å². The van der Waals surface area contributed by atoms with Gasteiger partial charge in [0.25, 0.3) is 0 Å². The number of ether oxygens (including phenoxy) is 2. The number of carbonyl (C=O) groups excluding carboxylic acids is 2. The van der Waals surface area contributed by atoms with Gasteiger partial charge in [-0.3, -0.25) is 9.80 Å². The minimum atomic E-state index is -0.545. The molecule has 10 nitrogen and oxygen atoms in total. The van der Waals surface area contributed by atoms with Crippen molar-refractivity contribution in [2.75, 3.05) is 13.1 Å². The predicted molar refractivity (Wildman–Crippen MR) is 176 cm³/mol. The van der Waals surface area contributed by atoms with Crippen molar-refractivity contribution < 1.29 is 19.1 Å². The summed E-state index contributed by atoms with van der Waals surface area (Å²) in [6.45, 7) is 12.6. The number of rotatable bonds is 3. The molecule has 0 radical (unpaired) electrons. The first kappa shape index (κ1) is 31.2. The Kier molecular flexibility index (Phi) is 8.28. The van der Waals surface area contributed by atoms with Crippen molar-refractivity contribution in [1.82, 2.24) is 29.7 Å². The first-order chi connectivity index (χ1) is 21.8. The smallest absolute Gasteiger partial charge is 0.410 e. The number of nitrogens with zero attached hydrogens (tertiary/aromatic N) is 4. The Morgan fingerprint density at radius 1 is 0.783 bits per heavy atom. The molecule has 46 heavy (non-hydrogen) atoms. The quantitative estimate of drug-likeness (QED) is 0.229. The molecule has 0 spiro atoms. The lowest BCUT2D eigenvalue weighted by Gasteiger charge is -2.27. The Balaban J connectivity index is 1.13. The summed E-state index contributed by atoms with van der Waals surface area (Å²) in [5, 5.41) is 0. The number of hydrogen-bond donors (Lipinski definition) is 2. The van der Waals surface area contributed by atoms with E-state index in [1.165, 1.54) is 0 Å². The zero-order valence-corrected chi connectivity index (χ0v) is 27.4. The number of nitrogens with one attached hydrogen (secondary N) is 2. The number of aromatic amines is 2. The van der Waals surface area contributed by atoms with Crippen molar-refractivity contribution in [3.8, 4) is 23.0 Å². The number of amides is 2. The van der Waals surface area contributed by atoms with E-state index in [1.807, 2.05) is 59.7 Å². The van der Waals surface area contributed by atoms with E-state index < -0.39 is 11.2 Å². The zero-order chi connectivity index (χ0) is 32.6. The largest absolute Gasteiger partial charge is 0.444 e. The van der Waals surface area contributed by atoms with Gasteiger partial charge in [-0.25, -0.2) is 19.6 Å². The van der Waals surface area contributed by atoms with Crippen molar-refractivity contribution in [1.29, 1.82) is 0 Å². The van der Waals surface area contributed by atoms with Crippen LogP contribution in [0.25, 0.3) is 22.2 Å². The van der Waals surface area contributed by atoms with Crippen molar-refractivity contribution in [2.24, 2.45) is 0 Å². The average Bonchev–Trinajstić information content (AvgIpc) is 3.79. The van der Waals surface area contributed by atoms with E-state index in [0.717, 1.165) is 65.1 Å². The van der Waals surface area contributed by atoms with Crippen LogP contribution in [0.1, 0.15) is 102 Å². The molecule has 4 heterocycles. The molecule has 2 N–H and O–H groups in total. The van der Waals surface area contributed by atoms with Gasteiger partial charge in [-0.1, -0.05) is 24.1 Å². The van der Waals surface area contributed by atoms with Gasteiger partial charge in [0.2, 0.25) is 0 Å². The second-order valence-corrected chi connectivity index (χ2v) is 14.0. The lowest BCUT2D eigenvalue weighted by Crippen LogP contribution is -2.36. The van der Waals surface area contributed by atoms with Crippen LogP contribution in [0.2, 0.25) is 0 Å². The first-order valence-corrected chi connectivity index (χ1v) is 16.0. The van der Waals surface area contributed by atoms with Crippen molar-refractivity contribution >= 4 is 23.2 Å². The Labute approximate surface area is 269 Å². The van der Waals surface area contributed by atoms with Gasteiger partial charge in [0, 0.05) is 18.7 Å². The Morgan fingerprint density at radius 3 is 1.98 bits per heavy atom. The molecule has 0 unspecified atom stereocenters. The number of H-pyrrole nitrogens is 2. The summed E-state index contributed by atoms with van der Waals surface area (Å²) in [6, 6.07) is 14.0. The lowest BCUT2D eigenvalue weighted by atomic mass is 10.0. The maximum atomic E-state index is 12.8. The highest BCUT2D eigenvalue weighted by Crippen LogP contribution is 2.34. The molecule has 0 aliphatic carbocycles. The molecule has 10 heteroatoms. The number of benzene rings is 2. The zero-order valence-electron chi connectivity index (χ0n) is 27.4. The second kappa shape index (κ2) is 12.2. The fourth-order valence-corrected chi connectivity index (χ4v) is 6.00. The van der Waals surface area contributed by atoms with E-state index in [0.29, 0.717) is 18.8 Å². The molecule has 0 bridgehead atoms. The van der Waals surface area contributed by atoms with Gasteiger partial charge in [0.05, 0.1) is 29.3 Å². The maximum Gasteiger partial charge on any atom is 0.410 e. The molecule has 6 rings (SSSR count). The Hall–Kier alpha value is -4.78. The van der Waals surface area contributed by atoms with Crippen LogP contribution in [0.4, 0.5) is 9.59 Å². The van der Waals surface area contributed by atoms with Crippen LogP contribution in [0.5, 0.6) is 0 Å². The molecule has 4 aromatic rings. The molecule has 2 aromatic carbocycles. The molecule has 2 aliphatic rings. The van der Waals surface area contributed by atoms with Gasteiger partial charge < -0.3 is 19.4 Å². The van der Waals surface area contributed by atoms with Crippen LogP contribution in [0.15, 0.2) is 48.7 Å². The third-order valence-electron chi connectivity index (χ3n) is 8.05. The second-order valence-electron chi connectivity index (χ2n) is 14.0. The fraction of sp³-hybridized carbons (Fsp3) is 0.444. The topological polar surface area (TPSA) is 116 Å². The standard InChI is InChI=1S/C36H42N6O4/c1-35(2,3)45-33(43)41-19-7-9-29(41)31-37-22-26(38-31)17-13-23-11-14-24(15-12-23)25-16-18-27-28(21-25)40-32(39-27)30-10-8-20-42(30)34(44)46-36(4,5)6/h11-12,14-16,18,21-22,29-30H,7-10,19-20H2,1-6H3,(H,37,38)(H,39,40)/t29-,30-/m0/s1. The normalized spacial score (nSPS) is 18.5. The van der Waals surface area contributed by atoms with Crippen molar-refractivity contribution in [3.05, 3.63) is 71.6 Å². The molecule has 2 aromatic heterocycles. The summed E-state index contributed by atoms with van der Waals surface area (Å²) in [5.41, 5.74) is 4.40. The molecular weight excluding hydrogens is 580 g/mol. The van der Waals surface area contributed by atoms with Gasteiger partial charge in [-0.05, 0) is 109 Å². The third kappa shape index (κ3) is 7.04. The summed E-state index contributed by atoms with van der Waals surface area (Å²) in [6.07, 6.45) is 4.59. The fourth-order valence-electron chi connectivity index (χ4n) is 6.00. The minimum Gasteiger partial charge on any atom is -0.444 e. The number of aromatic nitrogens is 4. The molecule has 2 aliphatic heterocycles. The van der Waals surface area contributed by atoms with E-state index in [9.17, 15) is 9.59 Å². The van der Waals surface area contributed by atoms with Gasteiger partial charge in [0.1, 0.15) is 28.5 Å². The third-order valence-corrected chi connectivity index (χ3v) is 8.05. The van der Waals surface area contributed by atoms with E-state index in [4.69, 9.17) is 14.5 Å². The monoisotopic (exact) mass is 622 g/mol. The molecule has 240 valence electrons. The van der Waals surface area contributed by atoms with E-state index >= 15 is 0 Å². The van der Waals surface area contributed by atoms with Gasteiger partial charge >= 0.3 is 12.2 Å². The van der Waals surface area contributed by atoms with Gasteiger partial charge in [0.15, 0.2) is 0 Å². The number of likely N-dealkylation sites (tertiary alicyclic amines) is 2. The highest BCUT2D eigenvalue weighted by Gasteiger charge is 2.36. The molecule has 2 atom stereocenters. The van der Waals surface area contributed by atoms with Crippen LogP contribution in [0, 0.1) is 11.8 Å². The van der Waals surface area contributed by atoms with E-state index in [-0.39, 0.29) is 24.3 Å². The summed E-state index contributed by atoms with van der Waals surface area (Å²) in [5.74, 6) is 7.90. The predicted octanol–water partition coefficient (Wildman–Crippen LogP) is 7.50. The van der Waals surface area contributed by atoms with Crippen molar-refractivity contribution in [3.63, 3.8) is 0 Å².